The highest BCUT2D eigenvalue weighted by atomic mass is 16.5. The summed E-state index contributed by atoms with van der Waals surface area (Å²) < 4.78 is 10.2. The van der Waals surface area contributed by atoms with Crippen LogP contribution in [0, 0.1) is 0 Å². The van der Waals surface area contributed by atoms with Crippen molar-refractivity contribution >= 4 is 6.08 Å². The number of benzene rings is 1. The zero-order chi connectivity index (χ0) is 12.0. The van der Waals surface area contributed by atoms with Crippen molar-refractivity contribution < 1.29 is 19.7 Å². The summed E-state index contributed by atoms with van der Waals surface area (Å²) in [6.45, 7) is -0.288. The Morgan fingerprint density at radius 1 is 1.25 bits per heavy atom. The van der Waals surface area contributed by atoms with Crippen molar-refractivity contribution in [2.75, 3.05) is 20.8 Å². The van der Waals surface area contributed by atoms with E-state index in [1.165, 1.54) is 6.08 Å². The lowest BCUT2D eigenvalue weighted by atomic mass is 10.1. The molecule has 1 atom stereocenters. The molecule has 4 heteroatoms. The lowest BCUT2D eigenvalue weighted by Crippen LogP contribution is -2.06. The molecule has 0 saturated heterocycles. The number of aliphatic hydroxyl groups is 2. The molecule has 2 N–H and O–H groups in total. The number of rotatable bonds is 5. The molecule has 0 aliphatic heterocycles. The molecular weight excluding hydrogens is 208 g/mol. The van der Waals surface area contributed by atoms with Gasteiger partial charge in [0.1, 0.15) is 0 Å². The van der Waals surface area contributed by atoms with Crippen LogP contribution in [0.15, 0.2) is 24.3 Å². The lowest BCUT2D eigenvalue weighted by Gasteiger charge is -2.07. The Balaban J connectivity index is 2.86. The Morgan fingerprint density at radius 2 is 1.94 bits per heavy atom. The van der Waals surface area contributed by atoms with Gasteiger partial charge < -0.3 is 19.7 Å². The van der Waals surface area contributed by atoms with Crippen molar-refractivity contribution in [3.8, 4) is 11.5 Å². The fraction of sp³-hybridized carbons (Fsp3) is 0.333. The maximum atomic E-state index is 9.15. The fourth-order valence-electron chi connectivity index (χ4n) is 1.24. The molecule has 88 valence electrons. The van der Waals surface area contributed by atoms with Crippen molar-refractivity contribution in [2.45, 2.75) is 6.10 Å². The van der Waals surface area contributed by atoms with Gasteiger partial charge in [-0.2, -0.15) is 0 Å². The van der Waals surface area contributed by atoms with E-state index in [1.807, 2.05) is 6.07 Å². The maximum absolute atomic E-state index is 9.15. The van der Waals surface area contributed by atoms with Crippen LogP contribution >= 0.6 is 0 Å². The van der Waals surface area contributed by atoms with Crippen LogP contribution in [0.2, 0.25) is 0 Å². The summed E-state index contributed by atoms with van der Waals surface area (Å²) in [5.74, 6) is 1.28. The van der Waals surface area contributed by atoms with E-state index in [1.54, 1.807) is 32.4 Å². The van der Waals surface area contributed by atoms with Gasteiger partial charge in [-0.1, -0.05) is 18.2 Å². The molecule has 0 heterocycles. The van der Waals surface area contributed by atoms with Crippen LogP contribution in [0.5, 0.6) is 11.5 Å². The van der Waals surface area contributed by atoms with Gasteiger partial charge in [-0.3, -0.25) is 0 Å². The van der Waals surface area contributed by atoms with E-state index < -0.39 is 6.10 Å². The number of aliphatic hydroxyl groups excluding tert-OH is 2. The number of ether oxygens (including phenoxy) is 2. The molecule has 1 aromatic rings. The molecule has 0 aliphatic carbocycles. The standard InChI is InChI=1S/C12H16O4/c1-15-11-6-4-9(7-12(11)16-2)3-5-10(14)8-13/h3-7,10,13-14H,8H2,1-2H3/b5-3+/t10-/m0/s1. The van der Waals surface area contributed by atoms with Gasteiger partial charge in [0.15, 0.2) is 11.5 Å². The zero-order valence-electron chi connectivity index (χ0n) is 9.38. The van der Waals surface area contributed by atoms with Gasteiger partial charge in [0.25, 0.3) is 0 Å². The highest BCUT2D eigenvalue weighted by Crippen LogP contribution is 2.27. The molecule has 0 saturated carbocycles. The largest absolute Gasteiger partial charge is 0.493 e. The van der Waals surface area contributed by atoms with E-state index in [4.69, 9.17) is 19.7 Å². The van der Waals surface area contributed by atoms with Gasteiger partial charge in [0.2, 0.25) is 0 Å². The Labute approximate surface area is 94.7 Å². The third kappa shape index (κ3) is 3.25. The van der Waals surface area contributed by atoms with E-state index >= 15 is 0 Å². The second-order valence-corrected chi connectivity index (χ2v) is 3.22. The van der Waals surface area contributed by atoms with Crippen LogP contribution in [-0.4, -0.2) is 37.1 Å². The third-order valence-electron chi connectivity index (χ3n) is 2.11. The van der Waals surface area contributed by atoms with Crippen molar-refractivity contribution in [2.24, 2.45) is 0 Å². The first-order valence-corrected chi connectivity index (χ1v) is 4.90. The molecule has 1 aromatic carbocycles. The monoisotopic (exact) mass is 224 g/mol. The van der Waals surface area contributed by atoms with E-state index in [0.29, 0.717) is 11.5 Å². The molecule has 0 bridgehead atoms. The zero-order valence-corrected chi connectivity index (χ0v) is 9.38. The molecule has 0 amide bonds. The molecule has 1 rings (SSSR count). The van der Waals surface area contributed by atoms with Crippen LogP contribution in [0.3, 0.4) is 0 Å². The second kappa shape index (κ2) is 6.15. The Bertz CT molecular complexity index is 360. The third-order valence-corrected chi connectivity index (χ3v) is 2.11. The first-order chi connectivity index (χ1) is 7.71. The molecule has 4 nitrogen and oxygen atoms in total. The van der Waals surface area contributed by atoms with Crippen LogP contribution < -0.4 is 9.47 Å². The van der Waals surface area contributed by atoms with E-state index in [2.05, 4.69) is 0 Å². The summed E-state index contributed by atoms with van der Waals surface area (Å²) in [7, 11) is 3.14. The summed E-state index contributed by atoms with van der Waals surface area (Å²) in [5.41, 5.74) is 0.866. The molecule has 0 aromatic heterocycles. The predicted molar refractivity (Wildman–Crippen MR) is 61.7 cm³/mol. The minimum atomic E-state index is -0.840. The SMILES string of the molecule is COc1ccc(/C=C/[C@H](O)CO)cc1OC. The van der Waals surface area contributed by atoms with E-state index in [0.717, 1.165) is 5.56 Å². The minimum absolute atomic E-state index is 0.288. The summed E-state index contributed by atoms with van der Waals surface area (Å²) >= 11 is 0. The number of hydrogen-bond acceptors (Lipinski definition) is 4. The summed E-state index contributed by atoms with van der Waals surface area (Å²) in [6, 6.07) is 5.41. The number of hydrogen-bond donors (Lipinski definition) is 2. The molecule has 16 heavy (non-hydrogen) atoms. The van der Waals surface area contributed by atoms with Crippen LogP contribution in [0.4, 0.5) is 0 Å². The smallest absolute Gasteiger partial charge is 0.161 e. The fourth-order valence-corrected chi connectivity index (χ4v) is 1.24. The van der Waals surface area contributed by atoms with Gasteiger partial charge >= 0.3 is 0 Å². The molecule has 0 unspecified atom stereocenters. The van der Waals surface area contributed by atoms with Gasteiger partial charge in [-0.25, -0.2) is 0 Å². The summed E-state index contributed by atoms with van der Waals surface area (Å²) in [5, 5.41) is 17.8. The van der Waals surface area contributed by atoms with E-state index in [9.17, 15) is 0 Å². The average Bonchev–Trinajstić information content (AvgIpc) is 2.35. The summed E-state index contributed by atoms with van der Waals surface area (Å²) in [6.07, 6.45) is 2.39. The molecule has 0 radical (unpaired) electrons. The van der Waals surface area contributed by atoms with Crippen LogP contribution in [0.1, 0.15) is 5.56 Å². The number of methoxy groups -OCH3 is 2. The highest BCUT2D eigenvalue weighted by Gasteiger charge is 2.03. The Morgan fingerprint density at radius 3 is 2.50 bits per heavy atom. The lowest BCUT2D eigenvalue weighted by molar-refractivity contribution is 0.131. The Hall–Kier alpha value is -1.52. The van der Waals surface area contributed by atoms with Gasteiger partial charge in [0, 0.05) is 0 Å². The normalized spacial score (nSPS) is 12.8. The highest BCUT2D eigenvalue weighted by molar-refractivity contribution is 5.56. The van der Waals surface area contributed by atoms with Gasteiger partial charge in [-0.15, -0.1) is 0 Å². The molecule has 0 aliphatic rings. The van der Waals surface area contributed by atoms with Crippen molar-refractivity contribution in [1.29, 1.82) is 0 Å². The first-order valence-electron chi connectivity index (χ1n) is 4.90. The molecular formula is C12H16O4. The van der Waals surface area contributed by atoms with Crippen LogP contribution in [0.25, 0.3) is 6.08 Å². The second-order valence-electron chi connectivity index (χ2n) is 3.22. The quantitative estimate of drug-likeness (QED) is 0.785. The predicted octanol–water partition coefficient (Wildman–Crippen LogP) is 1.07. The first kappa shape index (κ1) is 12.5. The topological polar surface area (TPSA) is 58.9 Å². The van der Waals surface area contributed by atoms with Crippen molar-refractivity contribution in [3.05, 3.63) is 29.8 Å². The average molecular weight is 224 g/mol. The van der Waals surface area contributed by atoms with Crippen molar-refractivity contribution in [3.63, 3.8) is 0 Å². The van der Waals surface area contributed by atoms with Crippen molar-refractivity contribution in [1.82, 2.24) is 0 Å². The van der Waals surface area contributed by atoms with E-state index in [-0.39, 0.29) is 6.61 Å². The van der Waals surface area contributed by atoms with Crippen LogP contribution in [-0.2, 0) is 0 Å². The summed E-state index contributed by atoms with van der Waals surface area (Å²) in [4.78, 5) is 0. The Kier molecular flexibility index (Phi) is 4.82. The molecule has 0 spiro atoms. The maximum Gasteiger partial charge on any atom is 0.161 e. The van der Waals surface area contributed by atoms with Gasteiger partial charge in [0.05, 0.1) is 26.9 Å². The molecule has 0 fully saturated rings. The van der Waals surface area contributed by atoms with Gasteiger partial charge in [-0.05, 0) is 17.7 Å². The minimum Gasteiger partial charge on any atom is -0.493 e.